The smallest absolute Gasteiger partial charge is 0.162 e. The molecule has 0 N–H and O–H groups in total. The van der Waals surface area contributed by atoms with Crippen LogP contribution in [0.4, 0.5) is 0 Å². The molecule has 0 saturated heterocycles. The molecule has 11 heavy (non-hydrogen) atoms. The van der Waals surface area contributed by atoms with Crippen molar-refractivity contribution in [2.45, 2.75) is 0 Å². The van der Waals surface area contributed by atoms with Crippen molar-refractivity contribution < 1.29 is 9.53 Å². The van der Waals surface area contributed by atoms with E-state index in [-0.39, 0.29) is 6.07 Å². The number of ether oxygens (including phenoxy) is 1. The molecule has 0 aromatic heterocycles. The number of halogens is 1. The maximum atomic E-state index is 10.2. The standard InChI is InChI=1S/C8H7ClO2/c9-6-11-8-3-1-7(5-10)2-4-8/h1-5H,6H2. The summed E-state index contributed by atoms with van der Waals surface area (Å²) in [5.41, 5.74) is 0.631. The molecule has 0 atom stereocenters. The van der Waals surface area contributed by atoms with Crippen LogP contribution in [0.2, 0.25) is 0 Å². The highest BCUT2D eigenvalue weighted by atomic mass is 35.5. The lowest BCUT2D eigenvalue weighted by molar-refractivity contribution is 0.112. The van der Waals surface area contributed by atoms with Crippen LogP contribution in [-0.2, 0) is 0 Å². The molecule has 0 fully saturated rings. The number of alkyl halides is 1. The molecular formula is C8H7ClO2. The normalized spacial score (nSPS) is 9.18. The molecule has 3 heteroatoms. The van der Waals surface area contributed by atoms with Crippen molar-refractivity contribution in [3.05, 3.63) is 29.8 Å². The zero-order valence-electron chi connectivity index (χ0n) is 5.79. The fourth-order valence-electron chi connectivity index (χ4n) is 0.706. The highest BCUT2D eigenvalue weighted by Crippen LogP contribution is 2.10. The number of aldehydes is 1. The van der Waals surface area contributed by atoms with Crippen LogP contribution in [0.1, 0.15) is 10.4 Å². The van der Waals surface area contributed by atoms with Crippen LogP contribution in [0.15, 0.2) is 24.3 Å². The van der Waals surface area contributed by atoms with Crippen LogP contribution in [0.25, 0.3) is 0 Å². The van der Waals surface area contributed by atoms with Crippen molar-refractivity contribution in [1.82, 2.24) is 0 Å². The molecule has 0 unspecified atom stereocenters. The fraction of sp³-hybridized carbons (Fsp3) is 0.125. The van der Waals surface area contributed by atoms with Crippen LogP contribution >= 0.6 is 11.6 Å². The summed E-state index contributed by atoms with van der Waals surface area (Å²) in [5.74, 6) is 0.672. The summed E-state index contributed by atoms with van der Waals surface area (Å²) >= 11 is 5.32. The molecule has 0 aliphatic heterocycles. The Labute approximate surface area is 69.7 Å². The molecule has 0 aliphatic carbocycles. The first-order valence-electron chi connectivity index (χ1n) is 3.11. The quantitative estimate of drug-likeness (QED) is 0.513. The molecule has 0 heterocycles. The number of carbonyl (C=O) groups excluding carboxylic acids is 1. The minimum atomic E-state index is 0.125. The summed E-state index contributed by atoms with van der Waals surface area (Å²) < 4.78 is 4.95. The Hall–Kier alpha value is -1.02. The van der Waals surface area contributed by atoms with Gasteiger partial charge in [0.1, 0.15) is 12.0 Å². The Bertz CT molecular complexity index is 230. The van der Waals surface area contributed by atoms with E-state index in [9.17, 15) is 4.79 Å². The van der Waals surface area contributed by atoms with E-state index in [1.54, 1.807) is 24.3 Å². The summed E-state index contributed by atoms with van der Waals surface area (Å²) in [5, 5.41) is 0. The van der Waals surface area contributed by atoms with E-state index < -0.39 is 0 Å². The maximum absolute atomic E-state index is 10.2. The zero-order chi connectivity index (χ0) is 8.10. The van der Waals surface area contributed by atoms with Crippen molar-refractivity contribution in [1.29, 1.82) is 0 Å². The minimum absolute atomic E-state index is 0.125. The summed E-state index contributed by atoms with van der Waals surface area (Å²) in [6.45, 7) is 0. The van der Waals surface area contributed by atoms with Gasteiger partial charge in [0.2, 0.25) is 0 Å². The van der Waals surface area contributed by atoms with Crippen LogP contribution in [-0.4, -0.2) is 12.4 Å². The van der Waals surface area contributed by atoms with Crippen molar-refractivity contribution in [2.24, 2.45) is 0 Å². The first-order chi connectivity index (χ1) is 5.36. The van der Waals surface area contributed by atoms with Gasteiger partial charge >= 0.3 is 0 Å². The maximum Gasteiger partial charge on any atom is 0.162 e. The third-order valence-electron chi connectivity index (χ3n) is 1.24. The van der Waals surface area contributed by atoms with Crippen molar-refractivity contribution >= 4 is 17.9 Å². The summed E-state index contributed by atoms with van der Waals surface area (Å²) in [7, 11) is 0. The van der Waals surface area contributed by atoms with Gasteiger partial charge < -0.3 is 4.74 Å². The van der Waals surface area contributed by atoms with Gasteiger partial charge in [-0.3, -0.25) is 4.79 Å². The predicted molar refractivity (Wildman–Crippen MR) is 43.2 cm³/mol. The molecule has 58 valence electrons. The molecule has 0 amide bonds. The first kappa shape index (κ1) is 8.08. The van der Waals surface area contributed by atoms with E-state index >= 15 is 0 Å². The zero-order valence-corrected chi connectivity index (χ0v) is 6.54. The first-order valence-corrected chi connectivity index (χ1v) is 3.64. The van der Waals surface area contributed by atoms with Gasteiger partial charge in [0.25, 0.3) is 0 Å². The van der Waals surface area contributed by atoms with Crippen LogP contribution in [0.3, 0.4) is 0 Å². The lowest BCUT2D eigenvalue weighted by atomic mass is 10.2. The number of hydrogen-bond donors (Lipinski definition) is 0. The van der Waals surface area contributed by atoms with E-state index in [1.165, 1.54) is 0 Å². The molecular weight excluding hydrogens is 164 g/mol. The molecule has 0 aliphatic rings. The van der Waals surface area contributed by atoms with Crippen molar-refractivity contribution in [2.75, 3.05) is 6.07 Å². The Kier molecular flexibility index (Phi) is 2.93. The van der Waals surface area contributed by atoms with E-state index in [0.717, 1.165) is 6.29 Å². The number of hydrogen-bond acceptors (Lipinski definition) is 2. The summed E-state index contributed by atoms with van der Waals surface area (Å²) in [6.07, 6.45) is 0.782. The fourth-order valence-corrected chi connectivity index (χ4v) is 0.832. The van der Waals surface area contributed by atoms with Gasteiger partial charge in [-0.25, -0.2) is 0 Å². The highest BCUT2D eigenvalue weighted by Gasteiger charge is 1.91. The Morgan fingerprint density at radius 2 is 2.00 bits per heavy atom. The molecule has 1 aromatic rings. The van der Waals surface area contributed by atoms with E-state index in [4.69, 9.17) is 16.3 Å². The van der Waals surface area contributed by atoms with E-state index in [0.29, 0.717) is 11.3 Å². The molecule has 0 spiro atoms. The molecule has 1 aromatic carbocycles. The molecule has 0 bridgehead atoms. The van der Waals surface area contributed by atoms with Gasteiger partial charge in [-0.05, 0) is 24.3 Å². The largest absolute Gasteiger partial charge is 0.478 e. The third-order valence-corrected chi connectivity index (χ3v) is 1.35. The Morgan fingerprint density at radius 3 is 2.45 bits per heavy atom. The SMILES string of the molecule is O=Cc1ccc(OCCl)cc1. The molecule has 1 rings (SSSR count). The Morgan fingerprint density at radius 1 is 1.36 bits per heavy atom. The van der Waals surface area contributed by atoms with Crippen molar-refractivity contribution in [3.63, 3.8) is 0 Å². The summed E-state index contributed by atoms with van der Waals surface area (Å²) in [4.78, 5) is 10.2. The van der Waals surface area contributed by atoms with Gasteiger partial charge in [0.05, 0.1) is 0 Å². The second-order valence-corrected chi connectivity index (χ2v) is 2.16. The second-order valence-electron chi connectivity index (χ2n) is 1.94. The third kappa shape index (κ3) is 2.24. The highest BCUT2D eigenvalue weighted by molar-refractivity contribution is 6.17. The van der Waals surface area contributed by atoms with Crippen molar-refractivity contribution in [3.8, 4) is 5.75 Å². The van der Waals surface area contributed by atoms with Gasteiger partial charge in [0.15, 0.2) is 6.07 Å². The number of benzene rings is 1. The van der Waals surface area contributed by atoms with Gasteiger partial charge in [-0.15, -0.1) is 0 Å². The average Bonchev–Trinajstić information content (AvgIpc) is 2.07. The minimum Gasteiger partial charge on any atom is -0.478 e. The van der Waals surface area contributed by atoms with Crippen LogP contribution in [0.5, 0.6) is 5.75 Å². The predicted octanol–water partition coefficient (Wildman–Crippen LogP) is 2.07. The average molecular weight is 171 g/mol. The molecule has 0 saturated carbocycles. The van der Waals surface area contributed by atoms with Crippen LogP contribution < -0.4 is 4.74 Å². The second kappa shape index (κ2) is 3.98. The number of rotatable bonds is 3. The topological polar surface area (TPSA) is 26.3 Å². The van der Waals surface area contributed by atoms with E-state index in [1.807, 2.05) is 0 Å². The van der Waals surface area contributed by atoms with Gasteiger partial charge in [-0.2, -0.15) is 0 Å². The Balaban J connectivity index is 2.74. The lowest BCUT2D eigenvalue weighted by Crippen LogP contribution is -1.88. The van der Waals surface area contributed by atoms with E-state index in [2.05, 4.69) is 0 Å². The van der Waals surface area contributed by atoms with Gasteiger partial charge in [-0.1, -0.05) is 11.6 Å². The molecule has 0 radical (unpaired) electrons. The van der Waals surface area contributed by atoms with Gasteiger partial charge in [0, 0.05) is 5.56 Å². The lowest BCUT2D eigenvalue weighted by Gasteiger charge is -1.99. The molecule has 2 nitrogen and oxygen atoms in total. The monoisotopic (exact) mass is 170 g/mol. The van der Waals surface area contributed by atoms with Crippen LogP contribution in [0, 0.1) is 0 Å². The number of carbonyl (C=O) groups is 1. The summed E-state index contributed by atoms with van der Waals surface area (Å²) in [6, 6.07) is 6.88.